The molecule has 5 nitrogen and oxygen atoms in total. The Morgan fingerprint density at radius 3 is 2.89 bits per heavy atom. The van der Waals surface area contributed by atoms with Crippen LogP contribution < -0.4 is 5.32 Å². The Hall–Kier alpha value is -1.30. The minimum Gasteiger partial charge on any atom is -0.368 e. The molecule has 0 radical (unpaired) electrons. The van der Waals surface area contributed by atoms with Crippen LogP contribution in [0.2, 0.25) is 0 Å². The second-order valence-corrected chi connectivity index (χ2v) is 5.76. The van der Waals surface area contributed by atoms with Gasteiger partial charge in [0.1, 0.15) is 5.82 Å². The van der Waals surface area contributed by atoms with Crippen LogP contribution in [0.4, 0.5) is 5.82 Å². The largest absolute Gasteiger partial charge is 0.368 e. The van der Waals surface area contributed by atoms with E-state index < -0.39 is 0 Å². The van der Waals surface area contributed by atoms with E-state index in [2.05, 4.69) is 15.5 Å². The molecule has 1 N–H and O–H groups in total. The number of hydrogen-bond donors (Lipinski definition) is 1. The molecule has 0 bridgehead atoms. The van der Waals surface area contributed by atoms with Crippen molar-refractivity contribution in [2.24, 2.45) is 5.92 Å². The summed E-state index contributed by atoms with van der Waals surface area (Å²) in [6.45, 7) is 0.933. The van der Waals surface area contributed by atoms with Crippen molar-refractivity contribution in [2.45, 2.75) is 6.42 Å². The maximum Gasteiger partial charge on any atom is 0.273 e. The molecular formula is C12H18N4OS. The Kier molecular flexibility index (Phi) is 4.41. The van der Waals surface area contributed by atoms with E-state index in [0.717, 1.165) is 18.3 Å². The zero-order valence-electron chi connectivity index (χ0n) is 10.7. The summed E-state index contributed by atoms with van der Waals surface area (Å²) in [6, 6.07) is 3.52. The molecule has 1 aromatic heterocycles. The summed E-state index contributed by atoms with van der Waals surface area (Å²) in [6.07, 6.45) is 1.27. The van der Waals surface area contributed by atoms with Crippen LogP contribution >= 0.6 is 11.8 Å². The highest BCUT2D eigenvalue weighted by Crippen LogP contribution is 2.23. The van der Waals surface area contributed by atoms with E-state index in [1.165, 1.54) is 22.8 Å². The van der Waals surface area contributed by atoms with Crippen molar-refractivity contribution >= 4 is 23.5 Å². The van der Waals surface area contributed by atoms with E-state index in [0.29, 0.717) is 5.69 Å². The number of thioether (sulfide) groups is 1. The van der Waals surface area contributed by atoms with E-state index in [1.807, 2.05) is 17.8 Å². The SMILES string of the molecule is CN(C)C(=O)c1ccc(NCC2CCSC2)nn1. The third kappa shape index (κ3) is 3.35. The van der Waals surface area contributed by atoms with Gasteiger partial charge in [0.25, 0.3) is 5.91 Å². The van der Waals surface area contributed by atoms with Gasteiger partial charge in [0, 0.05) is 20.6 Å². The first-order valence-electron chi connectivity index (χ1n) is 6.04. The molecule has 2 rings (SSSR count). The van der Waals surface area contributed by atoms with Crippen molar-refractivity contribution in [2.75, 3.05) is 37.5 Å². The standard InChI is InChI=1S/C12H18N4OS/c1-16(2)12(17)10-3-4-11(15-14-10)13-7-9-5-6-18-8-9/h3-4,9H,5-8H2,1-2H3,(H,13,15). The second kappa shape index (κ2) is 6.04. The zero-order valence-corrected chi connectivity index (χ0v) is 11.5. The summed E-state index contributed by atoms with van der Waals surface area (Å²) in [4.78, 5) is 13.1. The van der Waals surface area contributed by atoms with Gasteiger partial charge in [0.2, 0.25) is 0 Å². The Morgan fingerprint density at radius 2 is 2.33 bits per heavy atom. The predicted molar refractivity (Wildman–Crippen MR) is 74.0 cm³/mol. The van der Waals surface area contributed by atoms with E-state index in [-0.39, 0.29) is 5.91 Å². The molecule has 1 saturated heterocycles. The van der Waals surface area contributed by atoms with Crippen LogP contribution in [-0.4, -0.2) is 53.2 Å². The third-order valence-electron chi connectivity index (χ3n) is 2.89. The van der Waals surface area contributed by atoms with Gasteiger partial charge < -0.3 is 10.2 Å². The van der Waals surface area contributed by atoms with Crippen LogP contribution in [0.3, 0.4) is 0 Å². The summed E-state index contributed by atoms with van der Waals surface area (Å²) >= 11 is 2.00. The van der Waals surface area contributed by atoms with Crippen molar-refractivity contribution in [1.29, 1.82) is 0 Å². The zero-order chi connectivity index (χ0) is 13.0. The van der Waals surface area contributed by atoms with Gasteiger partial charge in [-0.25, -0.2) is 0 Å². The molecule has 1 amide bonds. The highest BCUT2D eigenvalue weighted by Gasteiger charge is 2.15. The molecule has 1 atom stereocenters. The smallest absolute Gasteiger partial charge is 0.273 e. The summed E-state index contributed by atoms with van der Waals surface area (Å²) in [5.41, 5.74) is 0.377. The molecule has 0 spiro atoms. The molecule has 0 aliphatic carbocycles. The number of amides is 1. The van der Waals surface area contributed by atoms with Gasteiger partial charge in [-0.3, -0.25) is 4.79 Å². The monoisotopic (exact) mass is 266 g/mol. The molecule has 1 aliphatic heterocycles. The average Bonchev–Trinajstić information content (AvgIpc) is 2.89. The highest BCUT2D eigenvalue weighted by atomic mass is 32.2. The first kappa shape index (κ1) is 13.1. The molecule has 0 aromatic carbocycles. The maximum absolute atomic E-state index is 11.6. The summed E-state index contributed by atoms with van der Waals surface area (Å²) in [5.74, 6) is 3.81. The van der Waals surface area contributed by atoms with Gasteiger partial charge in [-0.2, -0.15) is 11.8 Å². The number of carbonyl (C=O) groups excluding carboxylic acids is 1. The first-order chi connectivity index (χ1) is 8.66. The Balaban J connectivity index is 1.89. The molecule has 1 fully saturated rings. The average molecular weight is 266 g/mol. The molecule has 1 aromatic rings. The number of aromatic nitrogens is 2. The Bertz CT molecular complexity index is 401. The van der Waals surface area contributed by atoms with E-state index in [1.54, 1.807) is 20.2 Å². The van der Waals surface area contributed by atoms with E-state index in [4.69, 9.17) is 0 Å². The third-order valence-corrected chi connectivity index (χ3v) is 4.12. The van der Waals surface area contributed by atoms with Gasteiger partial charge in [-0.05, 0) is 36.0 Å². The van der Waals surface area contributed by atoms with Crippen LogP contribution in [0.5, 0.6) is 0 Å². The van der Waals surface area contributed by atoms with E-state index >= 15 is 0 Å². The molecule has 6 heteroatoms. The minimum absolute atomic E-state index is 0.124. The van der Waals surface area contributed by atoms with Crippen LogP contribution in [0, 0.1) is 5.92 Å². The van der Waals surface area contributed by atoms with Gasteiger partial charge in [0.15, 0.2) is 5.69 Å². The summed E-state index contributed by atoms with van der Waals surface area (Å²) < 4.78 is 0. The molecule has 0 saturated carbocycles. The fourth-order valence-electron chi connectivity index (χ4n) is 1.76. The maximum atomic E-state index is 11.6. The van der Waals surface area contributed by atoms with Crippen molar-refractivity contribution in [3.05, 3.63) is 17.8 Å². The lowest BCUT2D eigenvalue weighted by molar-refractivity contribution is 0.0821. The Morgan fingerprint density at radius 1 is 1.50 bits per heavy atom. The number of nitrogens with zero attached hydrogens (tertiary/aromatic N) is 3. The molecule has 1 aliphatic rings. The van der Waals surface area contributed by atoms with Crippen LogP contribution in [0.25, 0.3) is 0 Å². The van der Waals surface area contributed by atoms with Crippen molar-refractivity contribution in [3.63, 3.8) is 0 Å². The number of nitrogens with one attached hydrogen (secondary N) is 1. The van der Waals surface area contributed by atoms with Crippen molar-refractivity contribution < 1.29 is 4.79 Å². The lowest BCUT2D eigenvalue weighted by Crippen LogP contribution is -2.23. The fourth-order valence-corrected chi connectivity index (χ4v) is 3.05. The first-order valence-corrected chi connectivity index (χ1v) is 7.19. The fraction of sp³-hybridized carbons (Fsp3) is 0.583. The minimum atomic E-state index is -0.124. The quantitative estimate of drug-likeness (QED) is 0.891. The molecule has 18 heavy (non-hydrogen) atoms. The van der Waals surface area contributed by atoms with Gasteiger partial charge >= 0.3 is 0 Å². The molecule has 1 unspecified atom stereocenters. The number of rotatable bonds is 4. The second-order valence-electron chi connectivity index (χ2n) is 4.61. The lowest BCUT2D eigenvalue weighted by Gasteiger charge is -2.11. The summed E-state index contributed by atoms with van der Waals surface area (Å²) in [5, 5.41) is 11.2. The lowest BCUT2D eigenvalue weighted by atomic mass is 10.1. The summed E-state index contributed by atoms with van der Waals surface area (Å²) in [7, 11) is 3.40. The van der Waals surface area contributed by atoms with E-state index in [9.17, 15) is 4.79 Å². The topological polar surface area (TPSA) is 58.1 Å². The molecule has 98 valence electrons. The number of hydrogen-bond acceptors (Lipinski definition) is 5. The number of anilines is 1. The molecular weight excluding hydrogens is 248 g/mol. The van der Waals surface area contributed by atoms with Gasteiger partial charge in [-0.15, -0.1) is 10.2 Å². The van der Waals surface area contributed by atoms with Gasteiger partial charge in [0.05, 0.1) is 0 Å². The predicted octanol–water partition coefficient (Wildman–Crippen LogP) is 1.34. The molecule has 2 heterocycles. The van der Waals surface area contributed by atoms with Gasteiger partial charge in [-0.1, -0.05) is 0 Å². The Labute approximate surface area is 111 Å². The number of carbonyl (C=O) groups is 1. The van der Waals surface area contributed by atoms with Crippen molar-refractivity contribution in [3.8, 4) is 0 Å². The van der Waals surface area contributed by atoms with Crippen LogP contribution in [-0.2, 0) is 0 Å². The van der Waals surface area contributed by atoms with Crippen LogP contribution in [0.1, 0.15) is 16.9 Å². The normalized spacial score (nSPS) is 18.7. The highest BCUT2D eigenvalue weighted by molar-refractivity contribution is 7.99. The van der Waals surface area contributed by atoms with Crippen LogP contribution in [0.15, 0.2) is 12.1 Å². The van der Waals surface area contributed by atoms with Crippen molar-refractivity contribution in [1.82, 2.24) is 15.1 Å².